The van der Waals surface area contributed by atoms with E-state index in [1.807, 2.05) is 30.3 Å². The number of carboxylic acids is 1. The summed E-state index contributed by atoms with van der Waals surface area (Å²) in [6, 6.07) is 16.5. The summed E-state index contributed by atoms with van der Waals surface area (Å²) < 4.78 is 5.36. The molecule has 0 aliphatic carbocycles. The van der Waals surface area contributed by atoms with Crippen LogP contribution in [0.1, 0.15) is 28.8 Å². The largest absolute Gasteiger partial charge is 0.480 e. The Labute approximate surface area is 163 Å². The number of hydrogen-bond donors (Lipinski definition) is 2. The van der Waals surface area contributed by atoms with Gasteiger partial charge in [0, 0.05) is 28.7 Å². The number of aliphatic carboxylic acids is 1. The van der Waals surface area contributed by atoms with Gasteiger partial charge in [-0.2, -0.15) is 0 Å². The normalized spacial score (nSPS) is 17.9. The average molecular weight is 385 g/mol. The Bertz CT molecular complexity index is 758. The molecule has 1 fully saturated rings. The number of ether oxygens (including phenoxy) is 1. The maximum Gasteiger partial charge on any atom is 0.326 e. The zero-order valence-electron chi connectivity index (χ0n) is 15.0. The van der Waals surface area contributed by atoms with Crippen LogP contribution in [0.4, 0.5) is 0 Å². The minimum Gasteiger partial charge on any atom is -0.480 e. The number of benzene rings is 2. The van der Waals surface area contributed by atoms with Crippen molar-refractivity contribution >= 4 is 23.6 Å². The third kappa shape index (κ3) is 5.58. The Hall–Kier alpha value is -2.31. The standard InChI is InChI=1S/C21H23NO4S/c23-20(22-19(21(24)25)17-5-4-12-26-13-17)16-10-8-15(9-11-16)14-27-18-6-2-1-3-7-18/h1-3,6-11,17,19H,4-5,12-14H2,(H,22,23)(H,24,25). The van der Waals surface area contributed by atoms with E-state index in [2.05, 4.69) is 17.4 Å². The molecule has 6 heteroatoms. The van der Waals surface area contributed by atoms with E-state index >= 15 is 0 Å². The second-order valence-corrected chi connectivity index (χ2v) is 7.61. The predicted molar refractivity (Wildman–Crippen MR) is 105 cm³/mol. The zero-order valence-corrected chi connectivity index (χ0v) is 15.8. The molecule has 0 saturated carbocycles. The van der Waals surface area contributed by atoms with E-state index in [0.29, 0.717) is 18.8 Å². The van der Waals surface area contributed by atoms with Gasteiger partial charge in [-0.25, -0.2) is 4.79 Å². The summed E-state index contributed by atoms with van der Waals surface area (Å²) in [6.07, 6.45) is 1.56. The fourth-order valence-electron chi connectivity index (χ4n) is 3.07. The average Bonchev–Trinajstić information content (AvgIpc) is 2.72. The predicted octanol–water partition coefficient (Wildman–Crippen LogP) is 3.59. The molecule has 142 valence electrons. The molecule has 1 saturated heterocycles. The Morgan fingerprint density at radius 1 is 1.15 bits per heavy atom. The first-order valence-corrected chi connectivity index (χ1v) is 10.0. The molecule has 2 aromatic carbocycles. The van der Waals surface area contributed by atoms with Crippen molar-refractivity contribution in [2.75, 3.05) is 13.2 Å². The lowest BCUT2D eigenvalue weighted by molar-refractivity contribution is -0.142. The van der Waals surface area contributed by atoms with Gasteiger partial charge in [-0.3, -0.25) is 4.79 Å². The van der Waals surface area contributed by atoms with Crippen molar-refractivity contribution in [3.63, 3.8) is 0 Å². The van der Waals surface area contributed by atoms with E-state index in [9.17, 15) is 14.7 Å². The van der Waals surface area contributed by atoms with Gasteiger partial charge in [0.15, 0.2) is 0 Å². The lowest BCUT2D eigenvalue weighted by Gasteiger charge is -2.28. The lowest BCUT2D eigenvalue weighted by atomic mass is 9.93. The van der Waals surface area contributed by atoms with Crippen LogP contribution in [0.15, 0.2) is 59.5 Å². The molecular formula is C21H23NO4S. The molecule has 1 aliphatic heterocycles. The van der Waals surface area contributed by atoms with Gasteiger partial charge in [0.2, 0.25) is 0 Å². The van der Waals surface area contributed by atoms with Gasteiger partial charge in [-0.15, -0.1) is 11.8 Å². The van der Waals surface area contributed by atoms with E-state index < -0.39 is 12.0 Å². The SMILES string of the molecule is O=C(NC(C(=O)O)C1CCCOC1)c1ccc(CSc2ccccc2)cc1. The van der Waals surface area contributed by atoms with Crippen LogP contribution in [-0.4, -0.2) is 36.2 Å². The smallest absolute Gasteiger partial charge is 0.326 e. The van der Waals surface area contributed by atoms with Crippen LogP contribution in [0, 0.1) is 5.92 Å². The van der Waals surface area contributed by atoms with Crippen LogP contribution in [0.2, 0.25) is 0 Å². The number of carbonyl (C=O) groups is 2. The van der Waals surface area contributed by atoms with Crippen molar-refractivity contribution in [1.29, 1.82) is 0 Å². The number of amides is 1. The van der Waals surface area contributed by atoms with Gasteiger partial charge in [0.25, 0.3) is 5.91 Å². The molecule has 1 aliphatic rings. The number of hydrogen-bond acceptors (Lipinski definition) is 4. The Kier molecular flexibility index (Phi) is 6.90. The highest BCUT2D eigenvalue weighted by molar-refractivity contribution is 7.98. The van der Waals surface area contributed by atoms with Gasteiger partial charge < -0.3 is 15.2 Å². The molecule has 1 heterocycles. The molecule has 0 aromatic heterocycles. The van der Waals surface area contributed by atoms with Crippen molar-refractivity contribution in [2.45, 2.75) is 29.5 Å². The number of carbonyl (C=O) groups excluding carboxylic acids is 1. The van der Waals surface area contributed by atoms with Gasteiger partial charge in [0.1, 0.15) is 6.04 Å². The Morgan fingerprint density at radius 2 is 1.89 bits per heavy atom. The van der Waals surface area contributed by atoms with E-state index in [4.69, 9.17) is 4.74 Å². The summed E-state index contributed by atoms with van der Waals surface area (Å²) in [4.78, 5) is 25.2. The molecule has 3 rings (SSSR count). The first-order valence-electron chi connectivity index (χ1n) is 9.01. The summed E-state index contributed by atoms with van der Waals surface area (Å²) in [7, 11) is 0. The molecular weight excluding hydrogens is 362 g/mol. The first kappa shape index (κ1) is 19.5. The summed E-state index contributed by atoms with van der Waals surface area (Å²) in [5.41, 5.74) is 1.57. The lowest BCUT2D eigenvalue weighted by Crippen LogP contribution is -2.48. The van der Waals surface area contributed by atoms with E-state index in [0.717, 1.165) is 24.2 Å². The minimum atomic E-state index is -1.02. The van der Waals surface area contributed by atoms with Crippen molar-refractivity contribution in [3.05, 3.63) is 65.7 Å². The van der Waals surface area contributed by atoms with Crippen molar-refractivity contribution in [2.24, 2.45) is 5.92 Å². The molecule has 1 amide bonds. The number of carboxylic acid groups (broad SMARTS) is 1. The van der Waals surface area contributed by atoms with Crippen LogP contribution in [0.5, 0.6) is 0 Å². The fourth-order valence-corrected chi connectivity index (χ4v) is 3.95. The molecule has 0 radical (unpaired) electrons. The van der Waals surface area contributed by atoms with Crippen molar-refractivity contribution in [1.82, 2.24) is 5.32 Å². The maximum absolute atomic E-state index is 12.5. The number of thioether (sulfide) groups is 1. The third-order valence-electron chi connectivity index (χ3n) is 4.58. The molecule has 2 N–H and O–H groups in total. The maximum atomic E-state index is 12.5. The molecule has 2 aromatic rings. The van der Waals surface area contributed by atoms with Crippen LogP contribution in [0.25, 0.3) is 0 Å². The second-order valence-electron chi connectivity index (χ2n) is 6.57. The molecule has 5 nitrogen and oxygen atoms in total. The molecule has 0 bridgehead atoms. The van der Waals surface area contributed by atoms with Gasteiger partial charge in [-0.05, 0) is 42.7 Å². The molecule has 27 heavy (non-hydrogen) atoms. The van der Waals surface area contributed by atoms with E-state index in [1.54, 1.807) is 23.9 Å². The van der Waals surface area contributed by atoms with Crippen LogP contribution < -0.4 is 5.32 Å². The monoisotopic (exact) mass is 385 g/mol. The first-order chi connectivity index (χ1) is 13.1. The Balaban J connectivity index is 1.58. The number of nitrogens with one attached hydrogen (secondary N) is 1. The fraction of sp³-hybridized carbons (Fsp3) is 0.333. The van der Waals surface area contributed by atoms with Crippen molar-refractivity contribution in [3.8, 4) is 0 Å². The van der Waals surface area contributed by atoms with Gasteiger partial charge in [-0.1, -0.05) is 30.3 Å². The summed E-state index contributed by atoms with van der Waals surface area (Å²) in [6.45, 7) is 1.02. The van der Waals surface area contributed by atoms with Crippen LogP contribution in [-0.2, 0) is 15.3 Å². The Morgan fingerprint density at radius 3 is 2.52 bits per heavy atom. The number of rotatable bonds is 7. The summed E-state index contributed by atoms with van der Waals surface area (Å²) >= 11 is 1.73. The van der Waals surface area contributed by atoms with Gasteiger partial charge >= 0.3 is 5.97 Å². The highest BCUT2D eigenvalue weighted by Crippen LogP contribution is 2.23. The highest BCUT2D eigenvalue weighted by Gasteiger charge is 2.31. The van der Waals surface area contributed by atoms with E-state index in [-0.39, 0.29) is 11.8 Å². The quantitative estimate of drug-likeness (QED) is 0.713. The molecule has 2 atom stereocenters. The van der Waals surface area contributed by atoms with Crippen LogP contribution >= 0.6 is 11.8 Å². The van der Waals surface area contributed by atoms with Crippen molar-refractivity contribution < 1.29 is 19.4 Å². The van der Waals surface area contributed by atoms with E-state index in [1.165, 1.54) is 4.90 Å². The third-order valence-corrected chi connectivity index (χ3v) is 5.67. The minimum absolute atomic E-state index is 0.193. The molecule has 0 spiro atoms. The molecule has 2 unspecified atom stereocenters. The van der Waals surface area contributed by atoms with Gasteiger partial charge in [0.05, 0.1) is 6.61 Å². The second kappa shape index (κ2) is 9.58. The highest BCUT2D eigenvalue weighted by atomic mass is 32.2. The zero-order chi connectivity index (χ0) is 19.1. The summed E-state index contributed by atoms with van der Waals surface area (Å²) in [5.74, 6) is -0.769. The topological polar surface area (TPSA) is 75.6 Å². The van der Waals surface area contributed by atoms with Crippen LogP contribution in [0.3, 0.4) is 0 Å². The summed E-state index contributed by atoms with van der Waals surface area (Å²) in [5, 5.41) is 12.1.